The molecule has 4 heteroatoms. The largest absolute Gasteiger partial charge is 0.493 e. The molecule has 20 heavy (non-hydrogen) atoms. The van der Waals surface area contributed by atoms with Crippen molar-refractivity contribution >= 4 is 15.9 Å². The summed E-state index contributed by atoms with van der Waals surface area (Å²) < 4.78 is 12.3. The molecule has 0 bridgehead atoms. The lowest BCUT2D eigenvalue weighted by Gasteiger charge is -2.36. The van der Waals surface area contributed by atoms with Gasteiger partial charge in [-0.2, -0.15) is 0 Å². The standard InChI is InChI=1S/C16H22BrNO2/c1-16(5-8-19-9-6-16)11-18-14-4-7-20-15-3-2-12(17)10-13(14)15/h2-3,10,14,18H,4-9,11H2,1H3. The minimum absolute atomic E-state index is 0.364. The third kappa shape index (κ3) is 3.18. The van der Waals surface area contributed by atoms with Gasteiger partial charge in [0.15, 0.2) is 0 Å². The Labute approximate surface area is 129 Å². The van der Waals surface area contributed by atoms with E-state index in [9.17, 15) is 0 Å². The van der Waals surface area contributed by atoms with E-state index in [-0.39, 0.29) is 0 Å². The quantitative estimate of drug-likeness (QED) is 0.911. The monoisotopic (exact) mass is 339 g/mol. The van der Waals surface area contributed by atoms with Crippen molar-refractivity contribution in [3.05, 3.63) is 28.2 Å². The predicted molar refractivity (Wildman–Crippen MR) is 83.2 cm³/mol. The van der Waals surface area contributed by atoms with Gasteiger partial charge in [-0.15, -0.1) is 0 Å². The van der Waals surface area contributed by atoms with Gasteiger partial charge in [-0.05, 0) is 36.5 Å². The maximum absolute atomic E-state index is 5.74. The van der Waals surface area contributed by atoms with Gasteiger partial charge in [-0.1, -0.05) is 22.9 Å². The molecule has 0 aliphatic carbocycles. The summed E-state index contributed by atoms with van der Waals surface area (Å²) in [5.41, 5.74) is 1.64. The molecular formula is C16H22BrNO2. The first kappa shape index (κ1) is 14.4. The van der Waals surface area contributed by atoms with Crippen molar-refractivity contribution in [1.29, 1.82) is 0 Å². The molecule has 2 aliphatic heterocycles. The first-order valence-electron chi connectivity index (χ1n) is 7.40. The second-order valence-electron chi connectivity index (χ2n) is 6.18. The molecule has 0 saturated carbocycles. The third-order valence-electron chi connectivity index (χ3n) is 4.49. The van der Waals surface area contributed by atoms with Crippen molar-refractivity contribution in [2.24, 2.45) is 5.41 Å². The van der Waals surface area contributed by atoms with E-state index < -0.39 is 0 Å². The van der Waals surface area contributed by atoms with Gasteiger partial charge in [0.2, 0.25) is 0 Å². The van der Waals surface area contributed by atoms with Gasteiger partial charge in [0, 0.05) is 42.3 Å². The zero-order chi connectivity index (χ0) is 14.0. The maximum Gasteiger partial charge on any atom is 0.124 e. The van der Waals surface area contributed by atoms with Crippen molar-refractivity contribution in [1.82, 2.24) is 5.32 Å². The summed E-state index contributed by atoms with van der Waals surface area (Å²) in [5, 5.41) is 3.76. The summed E-state index contributed by atoms with van der Waals surface area (Å²) in [6.45, 7) is 6.00. The Kier molecular flexibility index (Phi) is 4.34. The summed E-state index contributed by atoms with van der Waals surface area (Å²) in [5.74, 6) is 1.02. The Balaban J connectivity index is 1.68. The lowest BCUT2D eigenvalue weighted by Crippen LogP contribution is -2.39. The maximum atomic E-state index is 5.74. The highest BCUT2D eigenvalue weighted by molar-refractivity contribution is 9.10. The van der Waals surface area contributed by atoms with Gasteiger partial charge < -0.3 is 14.8 Å². The molecule has 1 fully saturated rings. The van der Waals surface area contributed by atoms with Crippen LogP contribution in [0.25, 0.3) is 0 Å². The van der Waals surface area contributed by atoms with Crippen molar-refractivity contribution < 1.29 is 9.47 Å². The van der Waals surface area contributed by atoms with E-state index in [4.69, 9.17) is 9.47 Å². The fourth-order valence-electron chi connectivity index (χ4n) is 2.99. The summed E-state index contributed by atoms with van der Waals surface area (Å²) in [6.07, 6.45) is 3.33. The molecule has 1 N–H and O–H groups in total. The molecule has 1 aromatic rings. The van der Waals surface area contributed by atoms with Crippen LogP contribution in [0.3, 0.4) is 0 Å². The first-order valence-corrected chi connectivity index (χ1v) is 8.19. The van der Waals surface area contributed by atoms with Crippen LogP contribution in [0.5, 0.6) is 5.75 Å². The molecule has 0 aromatic heterocycles. The van der Waals surface area contributed by atoms with Crippen LogP contribution in [0.1, 0.15) is 37.8 Å². The fraction of sp³-hybridized carbons (Fsp3) is 0.625. The van der Waals surface area contributed by atoms with E-state index in [0.717, 1.165) is 55.9 Å². The summed E-state index contributed by atoms with van der Waals surface area (Å²) in [6, 6.07) is 6.68. The highest BCUT2D eigenvalue weighted by atomic mass is 79.9. The Morgan fingerprint density at radius 1 is 1.30 bits per heavy atom. The fourth-order valence-corrected chi connectivity index (χ4v) is 3.37. The molecule has 1 atom stereocenters. The van der Waals surface area contributed by atoms with Crippen molar-refractivity contribution in [2.75, 3.05) is 26.4 Å². The molecule has 2 heterocycles. The van der Waals surface area contributed by atoms with Crippen LogP contribution < -0.4 is 10.1 Å². The van der Waals surface area contributed by atoms with E-state index in [1.54, 1.807) is 0 Å². The van der Waals surface area contributed by atoms with Crippen LogP contribution in [0.15, 0.2) is 22.7 Å². The molecule has 0 radical (unpaired) electrons. The number of ether oxygens (including phenoxy) is 2. The Bertz CT molecular complexity index is 472. The van der Waals surface area contributed by atoms with Gasteiger partial charge in [-0.3, -0.25) is 0 Å². The molecule has 1 unspecified atom stereocenters. The number of hydrogen-bond acceptors (Lipinski definition) is 3. The van der Waals surface area contributed by atoms with Crippen molar-refractivity contribution in [3.8, 4) is 5.75 Å². The summed E-state index contributed by atoms with van der Waals surface area (Å²) in [7, 11) is 0. The lowest BCUT2D eigenvalue weighted by atomic mass is 9.82. The lowest BCUT2D eigenvalue weighted by molar-refractivity contribution is 0.0222. The van der Waals surface area contributed by atoms with Gasteiger partial charge in [0.1, 0.15) is 5.75 Å². The van der Waals surface area contributed by atoms with Crippen LogP contribution in [0.2, 0.25) is 0 Å². The highest BCUT2D eigenvalue weighted by Crippen LogP contribution is 2.35. The van der Waals surface area contributed by atoms with E-state index in [0.29, 0.717) is 11.5 Å². The SMILES string of the molecule is CC1(CNC2CCOc3ccc(Br)cc32)CCOCC1. The average Bonchev–Trinajstić information content (AvgIpc) is 2.46. The van der Waals surface area contributed by atoms with Crippen molar-refractivity contribution in [3.63, 3.8) is 0 Å². The second-order valence-corrected chi connectivity index (χ2v) is 7.09. The smallest absolute Gasteiger partial charge is 0.124 e. The number of rotatable bonds is 3. The molecule has 110 valence electrons. The second kappa shape index (κ2) is 6.04. The molecule has 2 aliphatic rings. The Hall–Kier alpha value is -0.580. The summed E-state index contributed by atoms with van der Waals surface area (Å²) >= 11 is 3.56. The van der Waals surface area contributed by atoms with Crippen LogP contribution >= 0.6 is 15.9 Å². The number of halogens is 1. The van der Waals surface area contributed by atoms with Crippen LogP contribution in [0.4, 0.5) is 0 Å². The normalized spacial score (nSPS) is 24.8. The molecule has 0 amide bonds. The molecule has 3 nitrogen and oxygen atoms in total. The van der Waals surface area contributed by atoms with Crippen LogP contribution in [-0.2, 0) is 4.74 Å². The molecule has 0 spiro atoms. The van der Waals surface area contributed by atoms with Gasteiger partial charge in [0.05, 0.1) is 6.61 Å². The average molecular weight is 340 g/mol. The molecule has 1 saturated heterocycles. The molecular weight excluding hydrogens is 318 g/mol. The Morgan fingerprint density at radius 2 is 2.10 bits per heavy atom. The topological polar surface area (TPSA) is 30.5 Å². The highest BCUT2D eigenvalue weighted by Gasteiger charge is 2.29. The third-order valence-corrected chi connectivity index (χ3v) is 4.98. The zero-order valence-electron chi connectivity index (χ0n) is 12.0. The van der Waals surface area contributed by atoms with E-state index in [2.05, 4.69) is 40.3 Å². The van der Waals surface area contributed by atoms with Gasteiger partial charge in [-0.25, -0.2) is 0 Å². The number of benzene rings is 1. The summed E-state index contributed by atoms with van der Waals surface area (Å²) in [4.78, 5) is 0. The van der Waals surface area contributed by atoms with Crippen LogP contribution in [0, 0.1) is 5.41 Å². The Morgan fingerprint density at radius 3 is 2.90 bits per heavy atom. The molecule has 1 aromatic carbocycles. The number of hydrogen-bond donors (Lipinski definition) is 1. The number of fused-ring (bicyclic) bond motifs is 1. The van der Waals surface area contributed by atoms with E-state index in [1.807, 2.05) is 6.07 Å². The predicted octanol–water partition coefficient (Wildman–Crippen LogP) is 3.68. The zero-order valence-corrected chi connectivity index (χ0v) is 13.5. The van der Waals surface area contributed by atoms with Crippen LogP contribution in [-0.4, -0.2) is 26.4 Å². The molecule has 3 rings (SSSR count). The minimum Gasteiger partial charge on any atom is -0.493 e. The first-order chi connectivity index (χ1) is 9.66. The number of nitrogens with one attached hydrogen (secondary N) is 1. The van der Waals surface area contributed by atoms with Gasteiger partial charge in [0.25, 0.3) is 0 Å². The van der Waals surface area contributed by atoms with E-state index in [1.165, 1.54) is 5.56 Å². The van der Waals surface area contributed by atoms with E-state index >= 15 is 0 Å². The van der Waals surface area contributed by atoms with Crippen molar-refractivity contribution in [2.45, 2.75) is 32.2 Å². The van der Waals surface area contributed by atoms with Gasteiger partial charge >= 0.3 is 0 Å². The minimum atomic E-state index is 0.364.